The first-order chi connectivity index (χ1) is 7.27. The monoisotopic (exact) mass is 233 g/mol. The van der Waals surface area contributed by atoms with Crippen LogP contribution in [0.4, 0.5) is 0 Å². The SMILES string of the molecule is Cc1cc[n+](C(C)c2ccccc2)cc1.[Cl-]. The van der Waals surface area contributed by atoms with Crippen molar-refractivity contribution in [3.63, 3.8) is 0 Å². The summed E-state index contributed by atoms with van der Waals surface area (Å²) in [5, 5.41) is 0. The van der Waals surface area contributed by atoms with Crippen LogP contribution in [0.1, 0.15) is 24.1 Å². The lowest BCUT2D eigenvalue weighted by Gasteiger charge is -2.06. The zero-order valence-corrected chi connectivity index (χ0v) is 10.4. The van der Waals surface area contributed by atoms with Crippen LogP contribution in [-0.4, -0.2) is 0 Å². The second-order valence-corrected chi connectivity index (χ2v) is 3.91. The smallest absolute Gasteiger partial charge is 0.180 e. The highest BCUT2D eigenvalue weighted by Gasteiger charge is 2.13. The molecular formula is C14H16ClN. The average molecular weight is 234 g/mol. The topological polar surface area (TPSA) is 3.88 Å². The van der Waals surface area contributed by atoms with Gasteiger partial charge in [0.25, 0.3) is 0 Å². The van der Waals surface area contributed by atoms with Crippen molar-refractivity contribution < 1.29 is 17.0 Å². The molecule has 1 nitrogen and oxygen atoms in total. The number of aryl methyl sites for hydroxylation is 1. The van der Waals surface area contributed by atoms with Crippen molar-refractivity contribution in [1.82, 2.24) is 0 Å². The van der Waals surface area contributed by atoms with Crippen LogP contribution in [0.15, 0.2) is 54.9 Å². The minimum atomic E-state index is 0. The number of hydrogen-bond donors (Lipinski definition) is 0. The zero-order chi connectivity index (χ0) is 10.7. The molecule has 0 bridgehead atoms. The predicted octanol–water partition coefficient (Wildman–Crippen LogP) is -0.104. The number of aromatic nitrogens is 1. The van der Waals surface area contributed by atoms with Gasteiger partial charge in [0.1, 0.15) is 0 Å². The van der Waals surface area contributed by atoms with Crippen molar-refractivity contribution in [3.05, 3.63) is 66.0 Å². The third kappa shape index (κ3) is 2.83. The number of rotatable bonds is 2. The number of nitrogens with zero attached hydrogens (tertiary/aromatic N) is 1. The molecule has 0 amide bonds. The predicted molar refractivity (Wildman–Crippen MR) is 61.6 cm³/mol. The lowest BCUT2D eigenvalue weighted by molar-refractivity contribution is -0.710. The minimum Gasteiger partial charge on any atom is -1.00 e. The number of hydrogen-bond acceptors (Lipinski definition) is 0. The van der Waals surface area contributed by atoms with E-state index in [0.29, 0.717) is 6.04 Å². The lowest BCUT2D eigenvalue weighted by atomic mass is 10.1. The molecule has 1 aromatic heterocycles. The second kappa shape index (κ2) is 5.66. The summed E-state index contributed by atoms with van der Waals surface area (Å²) in [5.41, 5.74) is 2.64. The Balaban J connectivity index is 0.00000128. The highest BCUT2D eigenvalue weighted by Crippen LogP contribution is 2.10. The maximum Gasteiger partial charge on any atom is 0.180 e. The summed E-state index contributed by atoms with van der Waals surface area (Å²) < 4.78 is 2.22. The molecule has 0 saturated heterocycles. The van der Waals surface area contributed by atoms with Gasteiger partial charge >= 0.3 is 0 Å². The van der Waals surface area contributed by atoms with Crippen LogP contribution in [0.25, 0.3) is 0 Å². The van der Waals surface area contributed by atoms with Gasteiger partial charge in [-0.3, -0.25) is 0 Å². The van der Waals surface area contributed by atoms with E-state index in [4.69, 9.17) is 0 Å². The van der Waals surface area contributed by atoms with Gasteiger partial charge in [0.15, 0.2) is 18.4 Å². The van der Waals surface area contributed by atoms with E-state index in [1.165, 1.54) is 11.1 Å². The van der Waals surface area contributed by atoms with Crippen molar-refractivity contribution in [2.75, 3.05) is 0 Å². The highest BCUT2D eigenvalue weighted by atomic mass is 35.5. The second-order valence-electron chi connectivity index (χ2n) is 3.91. The Kier molecular flexibility index (Phi) is 4.51. The van der Waals surface area contributed by atoms with Crippen LogP contribution >= 0.6 is 0 Å². The zero-order valence-electron chi connectivity index (χ0n) is 9.60. The van der Waals surface area contributed by atoms with Crippen LogP contribution in [0, 0.1) is 6.92 Å². The Hall–Kier alpha value is -1.34. The summed E-state index contributed by atoms with van der Waals surface area (Å²) in [5.74, 6) is 0. The van der Waals surface area contributed by atoms with Crippen LogP contribution < -0.4 is 17.0 Å². The summed E-state index contributed by atoms with van der Waals surface area (Å²) in [4.78, 5) is 0. The molecule has 2 rings (SSSR count). The maximum absolute atomic E-state index is 2.22. The molecule has 0 aliphatic carbocycles. The van der Waals surface area contributed by atoms with Gasteiger partial charge in [-0.15, -0.1) is 0 Å². The first-order valence-corrected chi connectivity index (χ1v) is 5.30. The molecule has 1 aromatic carbocycles. The van der Waals surface area contributed by atoms with Crippen molar-refractivity contribution in [3.8, 4) is 0 Å². The van der Waals surface area contributed by atoms with E-state index >= 15 is 0 Å². The van der Waals surface area contributed by atoms with Gasteiger partial charge < -0.3 is 12.4 Å². The van der Waals surface area contributed by atoms with Crippen molar-refractivity contribution >= 4 is 0 Å². The molecule has 0 saturated carbocycles. The third-order valence-corrected chi connectivity index (χ3v) is 2.75. The largest absolute Gasteiger partial charge is 1.00 e. The van der Waals surface area contributed by atoms with E-state index in [9.17, 15) is 0 Å². The van der Waals surface area contributed by atoms with Gasteiger partial charge in [0, 0.05) is 24.6 Å². The summed E-state index contributed by atoms with van der Waals surface area (Å²) in [6.07, 6.45) is 4.26. The molecule has 1 atom stereocenters. The van der Waals surface area contributed by atoms with Crippen LogP contribution in [0.2, 0.25) is 0 Å². The van der Waals surface area contributed by atoms with Crippen molar-refractivity contribution in [2.45, 2.75) is 19.9 Å². The molecule has 1 heterocycles. The van der Waals surface area contributed by atoms with E-state index in [1.807, 2.05) is 0 Å². The van der Waals surface area contributed by atoms with Crippen LogP contribution in [-0.2, 0) is 0 Å². The summed E-state index contributed by atoms with van der Waals surface area (Å²) in [6, 6.07) is 15.2. The summed E-state index contributed by atoms with van der Waals surface area (Å²) in [7, 11) is 0. The lowest BCUT2D eigenvalue weighted by Crippen LogP contribution is -3.00. The van der Waals surface area contributed by atoms with E-state index in [-0.39, 0.29) is 12.4 Å². The molecule has 1 unspecified atom stereocenters. The first-order valence-electron chi connectivity index (χ1n) is 5.30. The fourth-order valence-corrected chi connectivity index (χ4v) is 1.67. The minimum absolute atomic E-state index is 0. The van der Waals surface area contributed by atoms with Gasteiger partial charge in [0.05, 0.1) is 0 Å². The molecule has 2 heteroatoms. The van der Waals surface area contributed by atoms with Crippen LogP contribution in [0.5, 0.6) is 0 Å². The molecule has 84 valence electrons. The molecule has 0 radical (unpaired) electrons. The van der Waals surface area contributed by atoms with Crippen molar-refractivity contribution in [1.29, 1.82) is 0 Å². The summed E-state index contributed by atoms with van der Waals surface area (Å²) in [6.45, 7) is 4.32. The Morgan fingerprint density at radius 3 is 2.06 bits per heavy atom. The molecule has 2 aromatic rings. The van der Waals surface area contributed by atoms with Gasteiger partial charge in [-0.05, 0) is 12.5 Å². The normalized spacial score (nSPS) is 11.6. The Labute approximate surface area is 103 Å². The number of benzene rings is 1. The molecule has 0 spiro atoms. The fourth-order valence-electron chi connectivity index (χ4n) is 1.67. The van der Waals surface area contributed by atoms with Gasteiger partial charge in [-0.2, -0.15) is 4.57 Å². The molecule has 16 heavy (non-hydrogen) atoms. The molecule has 0 fully saturated rings. The Morgan fingerprint density at radius 1 is 0.938 bits per heavy atom. The average Bonchev–Trinajstić information content (AvgIpc) is 2.30. The fraction of sp³-hybridized carbons (Fsp3) is 0.214. The molecule has 0 aliphatic heterocycles. The van der Waals surface area contributed by atoms with E-state index in [1.54, 1.807) is 0 Å². The van der Waals surface area contributed by atoms with Crippen LogP contribution in [0.3, 0.4) is 0 Å². The molecule has 0 N–H and O–H groups in total. The van der Waals surface area contributed by atoms with E-state index < -0.39 is 0 Å². The Bertz CT molecular complexity index is 422. The van der Waals surface area contributed by atoms with E-state index in [2.05, 4.69) is 73.3 Å². The number of halogens is 1. The molecule has 0 aliphatic rings. The van der Waals surface area contributed by atoms with Gasteiger partial charge in [-0.25, -0.2) is 0 Å². The third-order valence-electron chi connectivity index (χ3n) is 2.75. The molecular weight excluding hydrogens is 218 g/mol. The van der Waals surface area contributed by atoms with Gasteiger partial charge in [0.2, 0.25) is 0 Å². The number of pyridine rings is 1. The standard InChI is InChI=1S/C14H16N.ClH/c1-12-8-10-15(11-9-12)13(2)14-6-4-3-5-7-14;/h3-11,13H,1-2H3;1H/q+1;/p-1. The van der Waals surface area contributed by atoms with E-state index in [0.717, 1.165) is 0 Å². The highest BCUT2D eigenvalue weighted by molar-refractivity contribution is 5.16. The van der Waals surface area contributed by atoms with Gasteiger partial charge in [-0.1, -0.05) is 30.3 Å². The maximum atomic E-state index is 2.22. The van der Waals surface area contributed by atoms with Crippen molar-refractivity contribution in [2.24, 2.45) is 0 Å². The first kappa shape index (κ1) is 12.7. The quantitative estimate of drug-likeness (QED) is 0.638. The Morgan fingerprint density at radius 2 is 1.50 bits per heavy atom. The summed E-state index contributed by atoms with van der Waals surface area (Å²) >= 11 is 0.